The fourth-order valence-corrected chi connectivity index (χ4v) is 3.79. The molecule has 0 fully saturated rings. The normalized spacial score (nSPS) is 12.7. The molecule has 164 valence electrons. The number of unbranched alkanes of at least 4 members (excludes halogenated alkanes) is 2. The number of benzene rings is 1. The second kappa shape index (κ2) is 11.3. The maximum Gasteiger partial charge on any atom is 0.252 e. The Bertz CT molecular complexity index is 925. The molecule has 2 aromatic rings. The summed E-state index contributed by atoms with van der Waals surface area (Å²) < 4.78 is 6.04. The van der Waals surface area contributed by atoms with E-state index in [0.717, 1.165) is 54.5 Å². The Morgan fingerprint density at radius 3 is 2.81 bits per heavy atom. The van der Waals surface area contributed by atoms with E-state index >= 15 is 0 Å². The van der Waals surface area contributed by atoms with Crippen molar-refractivity contribution in [1.82, 2.24) is 10.3 Å². The third-order valence-electron chi connectivity index (χ3n) is 5.41. The van der Waals surface area contributed by atoms with Gasteiger partial charge in [0.15, 0.2) is 5.78 Å². The molecule has 1 aliphatic rings. The average Bonchev–Trinajstić information content (AvgIpc) is 2.80. The number of carbonyl (C=O) groups excluding carboxylic acids is 2. The lowest BCUT2D eigenvalue weighted by atomic mass is 9.86. The molecule has 0 bridgehead atoms. The predicted molar refractivity (Wildman–Crippen MR) is 121 cm³/mol. The number of aromatic nitrogens is 1. The first-order chi connectivity index (χ1) is 15.1. The first-order valence-corrected chi connectivity index (χ1v) is 10.8. The van der Waals surface area contributed by atoms with Gasteiger partial charge in [0.1, 0.15) is 11.6 Å². The van der Waals surface area contributed by atoms with Gasteiger partial charge in [-0.3, -0.25) is 9.59 Å². The van der Waals surface area contributed by atoms with Gasteiger partial charge in [0.25, 0.3) is 5.91 Å². The zero-order valence-corrected chi connectivity index (χ0v) is 17.8. The van der Waals surface area contributed by atoms with Gasteiger partial charge < -0.3 is 15.5 Å². The zero-order valence-electron chi connectivity index (χ0n) is 17.8. The summed E-state index contributed by atoms with van der Waals surface area (Å²) in [5, 5.41) is 2.89. The molecule has 7 heteroatoms. The minimum Gasteiger partial charge on any atom is -0.493 e. The molecule has 7 nitrogen and oxygen atoms in total. The van der Waals surface area contributed by atoms with Crippen LogP contribution < -0.4 is 21.3 Å². The van der Waals surface area contributed by atoms with E-state index in [-0.39, 0.29) is 11.7 Å². The molecule has 4 N–H and O–H groups in total. The molecule has 0 radical (unpaired) electrons. The quantitative estimate of drug-likeness (QED) is 0.221. The van der Waals surface area contributed by atoms with Crippen LogP contribution in [0.4, 0.5) is 5.82 Å². The molecule has 0 aliphatic heterocycles. The molecule has 0 atom stereocenters. The van der Waals surface area contributed by atoms with Crippen molar-refractivity contribution in [1.29, 1.82) is 0 Å². The van der Waals surface area contributed by atoms with Crippen molar-refractivity contribution in [3.8, 4) is 5.75 Å². The third kappa shape index (κ3) is 5.92. The third-order valence-corrected chi connectivity index (χ3v) is 5.41. The summed E-state index contributed by atoms with van der Waals surface area (Å²) in [5.74, 6) is 6.71. The highest BCUT2D eigenvalue weighted by molar-refractivity contribution is 5.99. The average molecular weight is 423 g/mol. The van der Waals surface area contributed by atoms with E-state index in [4.69, 9.17) is 10.6 Å². The van der Waals surface area contributed by atoms with Gasteiger partial charge in [-0.15, -0.1) is 6.58 Å². The first-order valence-electron chi connectivity index (χ1n) is 10.8. The largest absolute Gasteiger partial charge is 0.493 e. The lowest BCUT2D eigenvalue weighted by Crippen LogP contribution is -2.24. The van der Waals surface area contributed by atoms with E-state index in [9.17, 15) is 9.59 Å². The van der Waals surface area contributed by atoms with Crippen LogP contribution in [0.1, 0.15) is 63.9 Å². The number of ketones is 1. The second-order valence-corrected chi connectivity index (χ2v) is 7.58. The number of nitrogens with one attached hydrogen (secondary N) is 2. The molecule has 1 heterocycles. The topological polar surface area (TPSA) is 106 Å². The summed E-state index contributed by atoms with van der Waals surface area (Å²) in [6.45, 7) is 5.05. The number of carbonyl (C=O) groups is 2. The maximum atomic E-state index is 12.2. The summed E-state index contributed by atoms with van der Waals surface area (Å²) >= 11 is 0. The number of amides is 1. The minimum atomic E-state index is -0.148. The number of hydrogen-bond acceptors (Lipinski definition) is 6. The lowest BCUT2D eigenvalue weighted by Gasteiger charge is -2.21. The van der Waals surface area contributed by atoms with Gasteiger partial charge in [-0.1, -0.05) is 6.08 Å². The van der Waals surface area contributed by atoms with Crippen molar-refractivity contribution in [2.45, 2.75) is 44.9 Å². The number of pyridine rings is 1. The minimum absolute atomic E-state index is 0.148. The van der Waals surface area contributed by atoms with E-state index in [2.05, 4.69) is 22.3 Å². The van der Waals surface area contributed by atoms with Crippen LogP contribution >= 0.6 is 0 Å². The van der Waals surface area contributed by atoms with Gasteiger partial charge in [0.2, 0.25) is 0 Å². The fourth-order valence-electron chi connectivity index (χ4n) is 3.79. The van der Waals surface area contributed by atoms with Crippen molar-refractivity contribution < 1.29 is 14.3 Å². The molecule has 1 amide bonds. The standard InChI is InChI=1S/C24H30N4O3/c1-2-7-20-18-8-6-9-21(29)19(18)11-12-22(20)31-15-5-3-4-14-26-24(30)17-10-13-23(28-25)27-16-17/h2,10-13,16H,1,3-9,14-15,25H2,(H,26,30)(H,27,28). The van der Waals surface area contributed by atoms with Crippen LogP contribution in [0, 0.1) is 0 Å². The summed E-state index contributed by atoms with van der Waals surface area (Å²) in [7, 11) is 0. The van der Waals surface area contributed by atoms with E-state index in [1.54, 1.807) is 12.1 Å². The van der Waals surface area contributed by atoms with Crippen molar-refractivity contribution in [3.05, 3.63) is 65.4 Å². The van der Waals surface area contributed by atoms with Gasteiger partial charge in [-0.05, 0) is 68.4 Å². The predicted octanol–water partition coefficient (Wildman–Crippen LogP) is 3.59. The Hall–Kier alpha value is -3.19. The Morgan fingerprint density at radius 2 is 2.06 bits per heavy atom. The van der Waals surface area contributed by atoms with Crippen LogP contribution in [0.2, 0.25) is 0 Å². The number of Topliss-reactive ketones (excluding diaryl/α,β-unsaturated/α-hetero) is 1. The maximum absolute atomic E-state index is 12.2. The number of nitrogen functional groups attached to an aromatic ring is 1. The van der Waals surface area contributed by atoms with Crippen molar-refractivity contribution >= 4 is 17.5 Å². The molecule has 0 saturated heterocycles. The molecule has 1 aromatic heterocycles. The van der Waals surface area contributed by atoms with Gasteiger partial charge in [0.05, 0.1) is 12.2 Å². The number of nitrogens with zero attached hydrogens (tertiary/aromatic N) is 1. The Morgan fingerprint density at radius 1 is 1.19 bits per heavy atom. The van der Waals surface area contributed by atoms with E-state index in [0.29, 0.717) is 37.4 Å². The molecular weight excluding hydrogens is 392 g/mol. The lowest BCUT2D eigenvalue weighted by molar-refractivity contribution is 0.0949. The van der Waals surface area contributed by atoms with Crippen molar-refractivity contribution in [3.63, 3.8) is 0 Å². The highest BCUT2D eigenvalue weighted by Gasteiger charge is 2.21. The van der Waals surface area contributed by atoms with Crippen molar-refractivity contribution in [2.75, 3.05) is 18.6 Å². The number of nitrogens with two attached hydrogens (primary N) is 1. The summed E-state index contributed by atoms with van der Waals surface area (Å²) in [6.07, 6.45) is 9.19. The van der Waals surface area contributed by atoms with Crippen molar-refractivity contribution in [2.24, 2.45) is 5.84 Å². The van der Waals surface area contributed by atoms with Crippen LogP contribution in [0.5, 0.6) is 5.75 Å². The molecular formula is C24H30N4O3. The monoisotopic (exact) mass is 422 g/mol. The number of hydrogen-bond donors (Lipinski definition) is 3. The summed E-state index contributed by atoms with van der Waals surface area (Å²) in [4.78, 5) is 28.3. The molecule has 1 aromatic carbocycles. The van der Waals surface area contributed by atoms with E-state index in [1.807, 2.05) is 18.2 Å². The molecule has 1 aliphatic carbocycles. The number of hydrazine groups is 1. The smallest absolute Gasteiger partial charge is 0.252 e. The highest BCUT2D eigenvalue weighted by atomic mass is 16.5. The van der Waals surface area contributed by atoms with Gasteiger partial charge >= 0.3 is 0 Å². The van der Waals surface area contributed by atoms with Gasteiger partial charge in [-0.2, -0.15) is 0 Å². The Kier molecular flexibility index (Phi) is 8.18. The second-order valence-electron chi connectivity index (χ2n) is 7.58. The number of fused-ring (bicyclic) bond motifs is 1. The van der Waals surface area contributed by atoms with Crippen LogP contribution in [-0.2, 0) is 12.8 Å². The molecule has 0 saturated carbocycles. The Balaban J connectivity index is 1.41. The molecule has 3 rings (SSSR count). The van der Waals surface area contributed by atoms with Gasteiger partial charge in [-0.25, -0.2) is 10.8 Å². The molecule has 31 heavy (non-hydrogen) atoms. The summed E-state index contributed by atoms with van der Waals surface area (Å²) in [5.41, 5.74) is 6.00. The zero-order chi connectivity index (χ0) is 22.1. The highest BCUT2D eigenvalue weighted by Crippen LogP contribution is 2.32. The first kappa shape index (κ1) is 22.5. The number of rotatable bonds is 11. The summed E-state index contributed by atoms with van der Waals surface area (Å²) in [6, 6.07) is 7.15. The molecule has 0 spiro atoms. The van der Waals surface area contributed by atoms with Crippen LogP contribution in [0.25, 0.3) is 0 Å². The van der Waals surface area contributed by atoms with Crippen LogP contribution in [0.3, 0.4) is 0 Å². The number of allylic oxidation sites excluding steroid dienone is 1. The fraction of sp³-hybridized carbons (Fsp3) is 0.375. The van der Waals surface area contributed by atoms with E-state index < -0.39 is 0 Å². The number of anilines is 1. The van der Waals surface area contributed by atoms with E-state index in [1.165, 1.54) is 6.20 Å². The molecule has 0 unspecified atom stereocenters. The van der Waals surface area contributed by atoms with Crippen LogP contribution in [0.15, 0.2) is 43.1 Å². The van der Waals surface area contributed by atoms with Crippen LogP contribution in [-0.4, -0.2) is 29.8 Å². The van der Waals surface area contributed by atoms with Gasteiger partial charge in [0, 0.05) is 30.3 Å². The number of ether oxygens (including phenoxy) is 1. The Labute approximate surface area is 183 Å². The SMILES string of the molecule is C=CCc1c(OCCCCCNC(=O)c2ccc(NN)nc2)ccc2c1CCCC2=O.